The molecule has 0 aliphatic heterocycles. The molecule has 2 rings (SSSR count). The first kappa shape index (κ1) is 15.1. The van der Waals surface area contributed by atoms with E-state index in [0.29, 0.717) is 0 Å². The normalized spacial score (nSPS) is 11.8. The Hall–Kier alpha value is -2.34. The molecule has 2 aromatic carbocycles. The van der Waals surface area contributed by atoms with Crippen LogP contribution < -0.4 is 0 Å². The predicted octanol–water partition coefficient (Wildman–Crippen LogP) is 6.06. The molecule has 0 saturated heterocycles. The number of hydrogen-bond acceptors (Lipinski definition) is 0. The Morgan fingerprint density at radius 1 is 1.05 bits per heavy atom. The molecule has 0 radical (unpaired) electrons. The summed E-state index contributed by atoms with van der Waals surface area (Å²) in [6.45, 7) is 7.96. The monoisotopic (exact) mass is 274 g/mol. The van der Waals surface area contributed by atoms with E-state index in [1.807, 2.05) is 6.08 Å². The van der Waals surface area contributed by atoms with Crippen LogP contribution in [0, 0.1) is 0 Å². The van der Waals surface area contributed by atoms with Crippen molar-refractivity contribution in [3.63, 3.8) is 0 Å². The molecule has 0 aliphatic rings. The molecule has 0 atom stereocenters. The third-order valence-electron chi connectivity index (χ3n) is 3.61. The van der Waals surface area contributed by atoms with Gasteiger partial charge in [-0.3, -0.25) is 0 Å². The molecular formula is C21H22. The van der Waals surface area contributed by atoms with Crippen molar-refractivity contribution >= 4 is 5.57 Å². The van der Waals surface area contributed by atoms with Crippen LogP contribution in [0.2, 0.25) is 0 Å². The fourth-order valence-corrected chi connectivity index (χ4v) is 2.36. The summed E-state index contributed by atoms with van der Waals surface area (Å²) >= 11 is 0. The topological polar surface area (TPSA) is 0 Å². The summed E-state index contributed by atoms with van der Waals surface area (Å²) < 4.78 is 0. The molecule has 0 spiro atoms. The van der Waals surface area contributed by atoms with Crippen molar-refractivity contribution in [2.45, 2.75) is 20.3 Å². The SMILES string of the molecule is C=C/C=C\C(=C/C)c1ccc(-c2cccc(CC)c2)cc1. The fourth-order valence-electron chi connectivity index (χ4n) is 2.36. The summed E-state index contributed by atoms with van der Waals surface area (Å²) in [5, 5.41) is 0. The zero-order valence-corrected chi connectivity index (χ0v) is 12.8. The van der Waals surface area contributed by atoms with Crippen molar-refractivity contribution < 1.29 is 0 Å². The lowest BCUT2D eigenvalue weighted by molar-refractivity contribution is 1.14. The van der Waals surface area contributed by atoms with Crippen LogP contribution in [0.4, 0.5) is 0 Å². The molecule has 0 aliphatic carbocycles. The van der Waals surface area contributed by atoms with Crippen molar-refractivity contribution in [2.24, 2.45) is 0 Å². The van der Waals surface area contributed by atoms with E-state index in [4.69, 9.17) is 0 Å². The van der Waals surface area contributed by atoms with E-state index in [-0.39, 0.29) is 0 Å². The highest BCUT2D eigenvalue weighted by molar-refractivity contribution is 5.76. The van der Waals surface area contributed by atoms with Crippen molar-refractivity contribution in [1.29, 1.82) is 0 Å². The Kier molecular flexibility index (Phi) is 5.34. The number of benzene rings is 2. The van der Waals surface area contributed by atoms with E-state index in [1.54, 1.807) is 6.08 Å². The smallest absolute Gasteiger partial charge is 0.0181 e. The Morgan fingerprint density at radius 2 is 1.81 bits per heavy atom. The van der Waals surface area contributed by atoms with E-state index < -0.39 is 0 Å². The maximum Gasteiger partial charge on any atom is -0.0181 e. The summed E-state index contributed by atoms with van der Waals surface area (Å²) in [5.74, 6) is 0. The molecule has 0 unspecified atom stereocenters. The van der Waals surface area contributed by atoms with Crippen LogP contribution in [-0.2, 0) is 6.42 Å². The highest BCUT2D eigenvalue weighted by Gasteiger charge is 2.01. The molecule has 106 valence electrons. The number of hydrogen-bond donors (Lipinski definition) is 0. The van der Waals surface area contributed by atoms with Gasteiger partial charge in [0.15, 0.2) is 0 Å². The lowest BCUT2D eigenvalue weighted by atomic mass is 9.98. The lowest BCUT2D eigenvalue weighted by Gasteiger charge is -2.07. The second-order valence-corrected chi connectivity index (χ2v) is 4.97. The highest BCUT2D eigenvalue weighted by atomic mass is 14.1. The molecule has 0 aromatic heterocycles. The molecule has 0 N–H and O–H groups in total. The summed E-state index contributed by atoms with van der Waals surface area (Å²) in [6.07, 6.45) is 9.04. The van der Waals surface area contributed by atoms with Crippen LogP contribution in [0.3, 0.4) is 0 Å². The molecule has 2 aromatic rings. The van der Waals surface area contributed by atoms with Crippen LogP contribution in [0.1, 0.15) is 25.0 Å². The van der Waals surface area contributed by atoms with Crippen LogP contribution in [0.25, 0.3) is 16.7 Å². The molecule has 0 saturated carbocycles. The Bertz CT molecular complexity index is 655. The third-order valence-corrected chi connectivity index (χ3v) is 3.61. The second kappa shape index (κ2) is 7.44. The van der Waals surface area contributed by atoms with Gasteiger partial charge < -0.3 is 0 Å². The fraction of sp³-hybridized carbons (Fsp3) is 0.143. The van der Waals surface area contributed by atoms with Gasteiger partial charge in [-0.1, -0.05) is 86.3 Å². The van der Waals surface area contributed by atoms with Crippen molar-refractivity contribution in [2.75, 3.05) is 0 Å². The van der Waals surface area contributed by atoms with Gasteiger partial charge in [-0.25, -0.2) is 0 Å². The molecule has 21 heavy (non-hydrogen) atoms. The first-order valence-electron chi connectivity index (χ1n) is 7.43. The summed E-state index contributed by atoms with van der Waals surface area (Å²) in [5.41, 5.74) is 6.36. The summed E-state index contributed by atoms with van der Waals surface area (Å²) in [7, 11) is 0. The maximum absolute atomic E-state index is 3.72. The average molecular weight is 274 g/mol. The quantitative estimate of drug-likeness (QED) is 0.581. The molecule has 0 nitrogen and oxygen atoms in total. The van der Waals surface area contributed by atoms with Gasteiger partial charge in [0.25, 0.3) is 0 Å². The standard InChI is InChI=1S/C21H22/c1-4-7-10-18(6-3)19-12-14-20(15-13-19)21-11-8-9-17(5-2)16-21/h4,6-16H,1,5H2,2-3H3/b10-7-,18-6+. The minimum absolute atomic E-state index is 1.07. The molecule has 0 fully saturated rings. The molecule has 0 heteroatoms. The van der Waals surface area contributed by atoms with Crippen LogP contribution in [0.15, 0.2) is 79.4 Å². The zero-order chi connectivity index (χ0) is 15.1. The van der Waals surface area contributed by atoms with Gasteiger partial charge in [0.05, 0.1) is 0 Å². The molecular weight excluding hydrogens is 252 g/mol. The summed E-state index contributed by atoms with van der Waals surface area (Å²) in [4.78, 5) is 0. The Balaban J connectivity index is 2.29. The third kappa shape index (κ3) is 3.82. The number of rotatable bonds is 5. The highest BCUT2D eigenvalue weighted by Crippen LogP contribution is 2.24. The van der Waals surface area contributed by atoms with Gasteiger partial charge in [-0.2, -0.15) is 0 Å². The lowest BCUT2D eigenvalue weighted by Crippen LogP contribution is -1.85. The van der Waals surface area contributed by atoms with E-state index >= 15 is 0 Å². The van der Waals surface area contributed by atoms with Crippen molar-refractivity contribution in [1.82, 2.24) is 0 Å². The van der Waals surface area contributed by atoms with Crippen molar-refractivity contribution in [3.8, 4) is 11.1 Å². The minimum Gasteiger partial charge on any atom is -0.0991 e. The molecule has 0 bridgehead atoms. The maximum atomic E-state index is 3.72. The van der Waals surface area contributed by atoms with E-state index in [1.165, 1.54) is 27.8 Å². The first-order valence-corrected chi connectivity index (χ1v) is 7.43. The number of aryl methyl sites for hydroxylation is 1. The van der Waals surface area contributed by atoms with Gasteiger partial charge >= 0.3 is 0 Å². The van der Waals surface area contributed by atoms with Gasteiger partial charge in [-0.15, -0.1) is 0 Å². The first-order chi connectivity index (χ1) is 10.3. The average Bonchev–Trinajstić information content (AvgIpc) is 2.56. The van der Waals surface area contributed by atoms with Gasteiger partial charge in [0, 0.05) is 0 Å². The Labute approximate surface area is 128 Å². The van der Waals surface area contributed by atoms with Gasteiger partial charge in [0.1, 0.15) is 0 Å². The predicted molar refractivity (Wildman–Crippen MR) is 94.2 cm³/mol. The molecule has 0 heterocycles. The van der Waals surface area contributed by atoms with E-state index in [9.17, 15) is 0 Å². The van der Waals surface area contributed by atoms with E-state index in [2.05, 4.69) is 81.1 Å². The number of allylic oxidation sites excluding steroid dienone is 5. The Morgan fingerprint density at radius 3 is 2.43 bits per heavy atom. The minimum atomic E-state index is 1.07. The van der Waals surface area contributed by atoms with E-state index in [0.717, 1.165) is 6.42 Å². The van der Waals surface area contributed by atoms with Crippen LogP contribution >= 0.6 is 0 Å². The summed E-state index contributed by atoms with van der Waals surface area (Å²) in [6, 6.07) is 17.5. The van der Waals surface area contributed by atoms with Crippen molar-refractivity contribution in [3.05, 3.63) is 90.5 Å². The zero-order valence-electron chi connectivity index (χ0n) is 12.8. The molecule has 0 amide bonds. The van der Waals surface area contributed by atoms with Crippen LogP contribution in [-0.4, -0.2) is 0 Å². The van der Waals surface area contributed by atoms with Gasteiger partial charge in [0.2, 0.25) is 0 Å². The van der Waals surface area contributed by atoms with Gasteiger partial charge in [-0.05, 0) is 41.2 Å². The second-order valence-electron chi connectivity index (χ2n) is 4.97. The largest absolute Gasteiger partial charge is 0.0991 e. The van der Waals surface area contributed by atoms with Crippen LogP contribution in [0.5, 0.6) is 0 Å².